The monoisotopic (exact) mass is 398 g/mol. The molecule has 1 fully saturated rings. The van der Waals surface area contributed by atoms with Crippen molar-refractivity contribution >= 4 is 29.9 Å². The topological polar surface area (TPSA) is 62.9 Å². The number of likely N-dealkylation sites (tertiary alicyclic amines) is 1. The van der Waals surface area contributed by atoms with Gasteiger partial charge in [0.15, 0.2) is 5.96 Å². The van der Waals surface area contributed by atoms with E-state index in [1.807, 2.05) is 6.92 Å². The zero-order valence-corrected chi connectivity index (χ0v) is 15.3. The summed E-state index contributed by atoms with van der Waals surface area (Å²) in [7, 11) is 0. The molecule has 0 aromatic rings. The van der Waals surface area contributed by atoms with Crippen LogP contribution in [0.15, 0.2) is 4.99 Å². The smallest absolute Gasteiger partial charge is 0.188 e. The van der Waals surface area contributed by atoms with Crippen molar-refractivity contribution < 1.29 is 4.74 Å². The number of halogens is 1. The molecule has 1 rings (SSSR count). The highest BCUT2D eigenvalue weighted by Gasteiger charge is 2.21. The molecule has 6 heteroatoms. The Hall–Kier alpha value is -0.0800. The third-order valence-electron chi connectivity index (χ3n) is 3.41. The zero-order chi connectivity index (χ0) is 13.9. The molecule has 3 N–H and O–H groups in total. The zero-order valence-electron chi connectivity index (χ0n) is 12.9. The highest BCUT2D eigenvalue weighted by atomic mass is 127. The molecule has 120 valence electrons. The normalized spacial score (nSPS) is 19.9. The van der Waals surface area contributed by atoms with Gasteiger partial charge in [-0.25, -0.2) is 0 Å². The van der Waals surface area contributed by atoms with Crippen molar-refractivity contribution in [2.75, 3.05) is 45.9 Å². The number of hydrogen-bond acceptors (Lipinski definition) is 3. The molecule has 0 amide bonds. The van der Waals surface area contributed by atoms with Gasteiger partial charge in [-0.15, -0.1) is 24.0 Å². The second kappa shape index (κ2) is 12.6. The standard InChI is InChI=1S/C14H30N4O.HI/c1-3-8-18-9-6-13(12-18)11-17-14(15)16-7-5-10-19-4-2;/h13H,3-12H2,1-2H3,(H3,15,16,17);1H. The van der Waals surface area contributed by atoms with E-state index in [9.17, 15) is 0 Å². The maximum atomic E-state index is 5.84. The van der Waals surface area contributed by atoms with Crippen molar-refractivity contribution in [3.63, 3.8) is 0 Å². The number of aliphatic imine (C=N–C) groups is 1. The summed E-state index contributed by atoms with van der Waals surface area (Å²) in [5, 5.41) is 3.14. The number of hydrogen-bond donors (Lipinski definition) is 2. The molecule has 20 heavy (non-hydrogen) atoms. The van der Waals surface area contributed by atoms with Crippen LogP contribution < -0.4 is 11.1 Å². The first-order valence-electron chi connectivity index (χ1n) is 7.60. The van der Waals surface area contributed by atoms with Gasteiger partial charge in [0.2, 0.25) is 0 Å². The fraction of sp³-hybridized carbons (Fsp3) is 0.929. The Labute approximate surface area is 140 Å². The Morgan fingerprint density at radius 1 is 1.45 bits per heavy atom. The first kappa shape index (κ1) is 19.9. The molecular weight excluding hydrogens is 367 g/mol. The summed E-state index contributed by atoms with van der Waals surface area (Å²) in [6, 6.07) is 0. The van der Waals surface area contributed by atoms with Gasteiger partial charge in [0.25, 0.3) is 0 Å². The molecule has 0 aromatic carbocycles. The molecule has 1 saturated heterocycles. The summed E-state index contributed by atoms with van der Waals surface area (Å²) in [5.41, 5.74) is 5.84. The van der Waals surface area contributed by atoms with Crippen LogP contribution in [0.25, 0.3) is 0 Å². The maximum Gasteiger partial charge on any atom is 0.188 e. The van der Waals surface area contributed by atoms with Crippen molar-refractivity contribution in [1.29, 1.82) is 0 Å². The van der Waals surface area contributed by atoms with Crippen LogP contribution in [0.1, 0.15) is 33.1 Å². The summed E-state index contributed by atoms with van der Waals surface area (Å²) < 4.78 is 5.27. The molecule has 0 saturated carbocycles. The molecule has 1 unspecified atom stereocenters. The third-order valence-corrected chi connectivity index (χ3v) is 3.41. The quantitative estimate of drug-likeness (QED) is 0.269. The summed E-state index contributed by atoms with van der Waals surface area (Å²) in [6.07, 6.45) is 3.46. The molecule has 0 spiro atoms. The number of guanidine groups is 1. The minimum atomic E-state index is 0. The molecular formula is C14H31IN4O. The average Bonchev–Trinajstić information content (AvgIpc) is 2.84. The molecule has 1 heterocycles. The number of nitrogens with two attached hydrogens (primary N) is 1. The lowest BCUT2D eigenvalue weighted by Gasteiger charge is -2.13. The first-order chi connectivity index (χ1) is 9.26. The maximum absolute atomic E-state index is 5.84. The SMILES string of the molecule is CCCN1CCC(CN=C(N)NCCCOCC)C1.I. The Balaban J connectivity index is 0.00000361. The van der Waals surface area contributed by atoms with Crippen LogP contribution in [-0.2, 0) is 4.74 Å². The molecule has 0 aromatic heterocycles. The number of ether oxygens (including phenoxy) is 1. The van der Waals surface area contributed by atoms with E-state index in [4.69, 9.17) is 10.5 Å². The summed E-state index contributed by atoms with van der Waals surface area (Å²) in [5.74, 6) is 1.25. The highest BCUT2D eigenvalue weighted by molar-refractivity contribution is 14.0. The van der Waals surface area contributed by atoms with Crippen molar-refractivity contribution in [2.24, 2.45) is 16.6 Å². The van der Waals surface area contributed by atoms with Gasteiger partial charge in [-0.3, -0.25) is 4.99 Å². The fourth-order valence-electron chi connectivity index (χ4n) is 2.40. The van der Waals surface area contributed by atoms with E-state index in [0.717, 1.165) is 32.7 Å². The van der Waals surface area contributed by atoms with Crippen LogP contribution in [-0.4, -0.2) is 56.8 Å². The molecule has 0 aliphatic carbocycles. The van der Waals surface area contributed by atoms with E-state index >= 15 is 0 Å². The van der Waals surface area contributed by atoms with Crippen LogP contribution in [0.3, 0.4) is 0 Å². The van der Waals surface area contributed by atoms with Crippen LogP contribution in [0.2, 0.25) is 0 Å². The second-order valence-corrected chi connectivity index (χ2v) is 5.16. The van der Waals surface area contributed by atoms with Crippen LogP contribution in [0, 0.1) is 5.92 Å². The second-order valence-electron chi connectivity index (χ2n) is 5.16. The number of nitrogens with zero attached hydrogens (tertiary/aromatic N) is 2. The van der Waals surface area contributed by atoms with Crippen molar-refractivity contribution in [3.05, 3.63) is 0 Å². The lowest BCUT2D eigenvalue weighted by Crippen LogP contribution is -2.33. The van der Waals surface area contributed by atoms with Gasteiger partial charge in [0, 0.05) is 32.8 Å². The minimum absolute atomic E-state index is 0. The summed E-state index contributed by atoms with van der Waals surface area (Å²) in [4.78, 5) is 6.95. The van der Waals surface area contributed by atoms with E-state index in [2.05, 4.69) is 22.1 Å². The Kier molecular flexibility index (Phi) is 12.6. The van der Waals surface area contributed by atoms with Gasteiger partial charge in [-0.05, 0) is 45.2 Å². The van der Waals surface area contributed by atoms with Crippen LogP contribution in [0.4, 0.5) is 0 Å². The molecule has 0 radical (unpaired) electrons. The highest BCUT2D eigenvalue weighted by Crippen LogP contribution is 2.16. The number of nitrogens with one attached hydrogen (secondary N) is 1. The number of rotatable bonds is 9. The lowest BCUT2D eigenvalue weighted by molar-refractivity contribution is 0.145. The first-order valence-corrected chi connectivity index (χ1v) is 7.60. The van der Waals surface area contributed by atoms with E-state index < -0.39 is 0 Å². The van der Waals surface area contributed by atoms with E-state index in [-0.39, 0.29) is 24.0 Å². The average molecular weight is 398 g/mol. The lowest BCUT2D eigenvalue weighted by atomic mass is 10.1. The van der Waals surface area contributed by atoms with E-state index in [0.29, 0.717) is 11.9 Å². The fourth-order valence-corrected chi connectivity index (χ4v) is 2.40. The summed E-state index contributed by atoms with van der Waals surface area (Å²) in [6.45, 7) is 11.1. The molecule has 1 aliphatic rings. The van der Waals surface area contributed by atoms with Gasteiger partial charge in [0.05, 0.1) is 0 Å². The van der Waals surface area contributed by atoms with Crippen molar-refractivity contribution in [3.8, 4) is 0 Å². The van der Waals surface area contributed by atoms with Gasteiger partial charge in [0.1, 0.15) is 0 Å². The minimum Gasteiger partial charge on any atom is -0.382 e. The Morgan fingerprint density at radius 3 is 2.95 bits per heavy atom. The largest absolute Gasteiger partial charge is 0.382 e. The van der Waals surface area contributed by atoms with Crippen molar-refractivity contribution in [2.45, 2.75) is 33.1 Å². The van der Waals surface area contributed by atoms with Crippen LogP contribution in [0.5, 0.6) is 0 Å². The van der Waals surface area contributed by atoms with Crippen molar-refractivity contribution in [1.82, 2.24) is 10.2 Å². The Morgan fingerprint density at radius 2 is 2.25 bits per heavy atom. The van der Waals surface area contributed by atoms with E-state index in [1.165, 1.54) is 32.5 Å². The van der Waals surface area contributed by atoms with Gasteiger partial charge >= 0.3 is 0 Å². The molecule has 1 aliphatic heterocycles. The molecule has 5 nitrogen and oxygen atoms in total. The predicted molar refractivity (Wildman–Crippen MR) is 95.9 cm³/mol. The van der Waals surface area contributed by atoms with Gasteiger partial charge in [-0.1, -0.05) is 6.92 Å². The van der Waals surface area contributed by atoms with Gasteiger partial charge in [-0.2, -0.15) is 0 Å². The van der Waals surface area contributed by atoms with Gasteiger partial charge < -0.3 is 20.7 Å². The van der Waals surface area contributed by atoms with Crippen LogP contribution >= 0.6 is 24.0 Å². The molecule has 0 bridgehead atoms. The molecule has 1 atom stereocenters. The Bertz CT molecular complexity index is 264. The van der Waals surface area contributed by atoms with E-state index in [1.54, 1.807) is 0 Å². The predicted octanol–water partition coefficient (Wildman–Crippen LogP) is 1.67. The summed E-state index contributed by atoms with van der Waals surface area (Å²) >= 11 is 0. The third kappa shape index (κ3) is 8.97.